The van der Waals surface area contributed by atoms with Crippen molar-refractivity contribution in [2.45, 2.75) is 12.5 Å². The third-order valence-electron chi connectivity index (χ3n) is 3.33. The molecule has 0 aliphatic carbocycles. The summed E-state index contributed by atoms with van der Waals surface area (Å²) >= 11 is 0. The van der Waals surface area contributed by atoms with Crippen molar-refractivity contribution in [2.24, 2.45) is 0 Å². The second-order valence-electron chi connectivity index (χ2n) is 4.64. The molecule has 0 spiro atoms. The van der Waals surface area contributed by atoms with Gasteiger partial charge in [0.25, 0.3) is 0 Å². The number of β-lactam (4-membered cyclic amide) rings is 1. The van der Waals surface area contributed by atoms with Crippen molar-refractivity contribution in [3.63, 3.8) is 0 Å². The summed E-state index contributed by atoms with van der Waals surface area (Å²) in [6.45, 7) is 0. The fourth-order valence-electron chi connectivity index (χ4n) is 2.31. The maximum absolute atomic E-state index is 11.7. The minimum absolute atomic E-state index is 0.176. The molecule has 2 nitrogen and oxygen atoms in total. The molecule has 0 aromatic heterocycles. The van der Waals surface area contributed by atoms with Gasteiger partial charge in [0.2, 0.25) is 5.91 Å². The van der Waals surface area contributed by atoms with Crippen LogP contribution in [-0.4, -0.2) is 11.9 Å². The molecule has 1 atom stereocenters. The second-order valence-corrected chi connectivity index (χ2v) is 4.64. The number of hydrogen-bond donors (Lipinski definition) is 0. The monoisotopic (exact) mass is 249 g/mol. The van der Waals surface area contributed by atoms with Gasteiger partial charge in [-0.15, -0.1) is 0 Å². The van der Waals surface area contributed by atoms with Crippen molar-refractivity contribution < 1.29 is 4.79 Å². The second kappa shape index (κ2) is 5.11. The summed E-state index contributed by atoms with van der Waals surface area (Å²) in [5.41, 5.74) is 2.14. The Balaban J connectivity index is 1.76. The lowest BCUT2D eigenvalue weighted by atomic mass is 9.99. The minimum atomic E-state index is 0.176. The summed E-state index contributed by atoms with van der Waals surface area (Å²) < 4.78 is 0. The van der Waals surface area contributed by atoms with Crippen LogP contribution >= 0.6 is 0 Å². The summed E-state index contributed by atoms with van der Waals surface area (Å²) in [5.74, 6) is 0.189. The first-order chi connectivity index (χ1) is 9.34. The van der Waals surface area contributed by atoms with Gasteiger partial charge >= 0.3 is 0 Å². The van der Waals surface area contributed by atoms with Gasteiger partial charge in [-0.05, 0) is 17.7 Å². The van der Waals surface area contributed by atoms with E-state index in [4.69, 9.17) is 0 Å². The molecule has 1 aliphatic heterocycles. The number of nitrogens with zero attached hydrogens (tertiary/aromatic N) is 1. The SMILES string of the molecule is O=C1CC(/C=C/c2ccccc2)N1c1ccccc1. The molecular weight excluding hydrogens is 234 g/mol. The lowest BCUT2D eigenvalue weighted by molar-refractivity contribution is -0.123. The van der Waals surface area contributed by atoms with Crippen LogP contribution in [-0.2, 0) is 4.79 Å². The minimum Gasteiger partial charge on any atom is -0.305 e. The predicted octanol–water partition coefficient (Wildman–Crippen LogP) is 3.51. The van der Waals surface area contributed by atoms with Crippen LogP contribution in [0.2, 0.25) is 0 Å². The Labute approximate surface area is 113 Å². The molecule has 2 heteroatoms. The highest BCUT2D eigenvalue weighted by Gasteiger charge is 2.34. The van der Waals surface area contributed by atoms with Gasteiger partial charge in [-0.2, -0.15) is 0 Å². The van der Waals surface area contributed by atoms with Crippen LogP contribution in [0.3, 0.4) is 0 Å². The lowest BCUT2D eigenvalue weighted by Crippen LogP contribution is -2.51. The van der Waals surface area contributed by atoms with Crippen molar-refractivity contribution >= 4 is 17.7 Å². The van der Waals surface area contributed by atoms with Gasteiger partial charge < -0.3 is 4.90 Å². The first kappa shape index (κ1) is 11.7. The van der Waals surface area contributed by atoms with Crippen LogP contribution in [0.5, 0.6) is 0 Å². The first-order valence-corrected chi connectivity index (χ1v) is 6.45. The molecule has 19 heavy (non-hydrogen) atoms. The molecule has 0 bridgehead atoms. The van der Waals surface area contributed by atoms with Crippen molar-refractivity contribution in [3.05, 3.63) is 72.3 Å². The molecule has 1 fully saturated rings. The zero-order valence-corrected chi connectivity index (χ0v) is 10.6. The quantitative estimate of drug-likeness (QED) is 0.762. The van der Waals surface area contributed by atoms with Crippen molar-refractivity contribution in [1.82, 2.24) is 0 Å². The van der Waals surface area contributed by atoms with Crippen LogP contribution in [0.25, 0.3) is 6.08 Å². The number of anilines is 1. The zero-order valence-electron chi connectivity index (χ0n) is 10.6. The molecule has 1 heterocycles. The molecule has 2 aromatic carbocycles. The van der Waals surface area contributed by atoms with Crippen molar-refractivity contribution in [2.75, 3.05) is 4.90 Å². The van der Waals surface area contributed by atoms with E-state index < -0.39 is 0 Å². The van der Waals surface area contributed by atoms with Gasteiger partial charge in [-0.1, -0.05) is 60.7 Å². The molecule has 0 radical (unpaired) electrons. The Kier molecular flexibility index (Phi) is 3.15. The Morgan fingerprint density at radius 2 is 1.58 bits per heavy atom. The fraction of sp³-hybridized carbons (Fsp3) is 0.118. The number of rotatable bonds is 3. The summed E-state index contributed by atoms with van der Waals surface area (Å²) in [4.78, 5) is 13.6. The van der Waals surface area contributed by atoms with E-state index in [9.17, 15) is 4.79 Å². The van der Waals surface area contributed by atoms with E-state index in [1.807, 2.05) is 53.4 Å². The van der Waals surface area contributed by atoms with E-state index >= 15 is 0 Å². The highest BCUT2D eigenvalue weighted by molar-refractivity contribution is 6.01. The summed E-state index contributed by atoms with van der Waals surface area (Å²) in [6.07, 6.45) is 4.77. The van der Waals surface area contributed by atoms with Crippen molar-refractivity contribution in [3.8, 4) is 0 Å². The molecule has 0 N–H and O–H groups in total. The lowest BCUT2D eigenvalue weighted by Gasteiger charge is -2.38. The predicted molar refractivity (Wildman–Crippen MR) is 77.8 cm³/mol. The Morgan fingerprint density at radius 1 is 0.947 bits per heavy atom. The smallest absolute Gasteiger partial charge is 0.229 e. The number of hydrogen-bond acceptors (Lipinski definition) is 1. The number of carbonyl (C=O) groups is 1. The van der Waals surface area contributed by atoms with Crippen molar-refractivity contribution in [1.29, 1.82) is 0 Å². The van der Waals surface area contributed by atoms with Crippen LogP contribution in [0.4, 0.5) is 5.69 Å². The summed E-state index contributed by atoms with van der Waals surface area (Å²) in [7, 11) is 0. The topological polar surface area (TPSA) is 20.3 Å². The molecule has 94 valence electrons. The van der Waals surface area contributed by atoms with Crippen LogP contribution in [0.1, 0.15) is 12.0 Å². The zero-order chi connectivity index (χ0) is 13.1. The van der Waals surface area contributed by atoms with E-state index in [1.165, 1.54) is 0 Å². The molecule has 0 saturated carbocycles. The highest BCUT2D eigenvalue weighted by Crippen LogP contribution is 2.28. The number of benzene rings is 2. The molecule has 3 rings (SSSR count). The largest absolute Gasteiger partial charge is 0.305 e. The van der Waals surface area contributed by atoms with E-state index in [0.717, 1.165) is 11.3 Å². The first-order valence-electron chi connectivity index (χ1n) is 6.45. The molecule has 1 unspecified atom stereocenters. The van der Waals surface area contributed by atoms with E-state index in [-0.39, 0.29) is 11.9 Å². The Morgan fingerprint density at radius 3 is 2.21 bits per heavy atom. The number of carbonyl (C=O) groups excluding carboxylic acids is 1. The average Bonchev–Trinajstić information content (AvgIpc) is 2.45. The van der Waals surface area contributed by atoms with Crippen LogP contribution < -0.4 is 4.90 Å². The van der Waals surface area contributed by atoms with Gasteiger partial charge in [0.15, 0.2) is 0 Å². The Bertz CT molecular complexity index is 589. The van der Waals surface area contributed by atoms with Gasteiger partial charge in [-0.25, -0.2) is 0 Å². The van der Waals surface area contributed by atoms with Gasteiger partial charge in [0, 0.05) is 5.69 Å². The van der Waals surface area contributed by atoms with E-state index in [0.29, 0.717) is 6.42 Å². The molecule has 2 aromatic rings. The third kappa shape index (κ3) is 2.43. The molecule has 1 aliphatic rings. The maximum Gasteiger partial charge on any atom is 0.229 e. The van der Waals surface area contributed by atoms with Gasteiger partial charge in [0.1, 0.15) is 0 Å². The molecule has 1 saturated heterocycles. The maximum atomic E-state index is 11.7. The van der Waals surface area contributed by atoms with Crippen LogP contribution in [0, 0.1) is 0 Å². The summed E-state index contributed by atoms with van der Waals surface area (Å²) in [6, 6.07) is 20.1. The standard InChI is InChI=1S/C17H15NO/c19-17-13-16(12-11-14-7-3-1-4-8-14)18(17)15-9-5-2-6-10-15/h1-12,16H,13H2/b12-11+. The molecule has 1 amide bonds. The van der Waals surface area contributed by atoms with Gasteiger partial charge in [-0.3, -0.25) is 4.79 Å². The normalized spacial score (nSPS) is 18.6. The van der Waals surface area contributed by atoms with E-state index in [2.05, 4.69) is 24.3 Å². The number of para-hydroxylation sites is 1. The number of amides is 1. The fourth-order valence-corrected chi connectivity index (χ4v) is 2.31. The van der Waals surface area contributed by atoms with Crippen LogP contribution in [0.15, 0.2) is 66.7 Å². The molecular formula is C17H15NO. The third-order valence-corrected chi connectivity index (χ3v) is 3.33. The summed E-state index contributed by atoms with van der Waals surface area (Å²) in [5, 5.41) is 0. The Hall–Kier alpha value is -2.35. The van der Waals surface area contributed by atoms with Gasteiger partial charge in [0.05, 0.1) is 12.5 Å². The highest BCUT2D eigenvalue weighted by atomic mass is 16.2. The average molecular weight is 249 g/mol. The van der Waals surface area contributed by atoms with E-state index in [1.54, 1.807) is 0 Å².